The molecular weight excluding hydrogens is 319 g/mol. The summed E-state index contributed by atoms with van der Waals surface area (Å²) in [5.74, 6) is -1.28. The van der Waals surface area contributed by atoms with Gasteiger partial charge in [0.15, 0.2) is 0 Å². The zero-order chi connectivity index (χ0) is 16.3. The molecule has 0 aliphatic rings. The second-order valence-corrected chi connectivity index (χ2v) is 5.78. The summed E-state index contributed by atoms with van der Waals surface area (Å²) in [4.78, 5) is 11.2. The van der Waals surface area contributed by atoms with Crippen LogP contribution in [0.15, 0.2) is 30.3 Å². The number of carbonyl (C=O) groups is 1. The van der Waals surface area contributed by atoms with Crippen LogP contribution in [0, 0.1) is 5.41 Å². The number of carboxylic acids is 1. The van der Waals surface area contributed by atoms with Crippen LogP contribution in [0.4, 0.5) is 13.2 Å². The van der Waals surface area contributed by atoms with Crippen LogP contribution in [0.5, 0.6) is 0 Å². The van der Waals surface area contributed by atoms with Crippen molar-refractivity contribution in [3.63, 3.8) is 0 Å². The number of carboxylic acid groups (broad SMARTS) is 1. The summed E-state index contributed by atoms with van der Waals surface area (Å²) in [6, 6.07) is 7.38. The molecular formula is C15H21ClF3NO2. The lowest BCUT2D eigenvalue weighted by Gasteiger charge is -2.31. The lowest BCUT2D eigenvalue weighted by atomic mass is 9.84. The van der Waals surface area contributed by atoms with E-state index < -0.39 is 30.0 Å². The molecule has 3 nitrogen and oxygen atoms in total. The van der Waals surface area contributed by atoms with Gasteiger partial charge in [-0.05, 0) is 18.9 Å². The van der Waals surface area contributed by atoms with Gasteiger partial charge in [0.05, 0.1) is 5.41 Å². The second-order valence-electron chi connectivity index (χ2n) is 5.78. The predicted molar refractivity (Wildman–Crippen MR) is 81.1 cm³/mol. The summed E-state index contributed by atoms with van der Waals surface area (Å²) in [6.07, 6.45) is -4.97. The van der Waals surface area contributed by atoms with E-state index in [0.717, 1.165) is 19.4 Å². The molecule has 0 bridgehead atoms. The van der Waals surface area contributed by atoms with Gasteiger partial charge >= 0.3 is 12.1 Å². The van der Waals surface area contributed by atoms with E-state index in [1.165, 1.54) is 0 Å². The van der Waals surface area contributed by atoms with Crippen LogP contribution in [-0.4, -0.2) is 23.3 Å². The fraction of sp³-hybridized carbons (Fsp3) is 0.533. The molecule has 0 aliphatic carbocycles. The first-order chi connectivity index (χ1) is 9.54. The zero-order valence-electron chi connectivity index (χ0n) is 12.6. The van der Waals surface area contributed by atoms with Crippen LogP contribution in [-0.2, 0) is 4.79 Å². The first-order valence-electron chi connectivity index (χ1n) is 6.65. The quantitative estimate of drug-likeness (QED) is 0.817. The molecule has 0 saturated heterocycles. The molecule has 0 aromatic heterocycles. The first-order valence-corrected chi connectivity index (χ1v) is 6.65. The van der Waals surface area contributed by atoms with Crippen molar-refractivity contribution in [2.45, 2.75) is 45.5 Å². The van der Waals surface area contributed by atoms with Crippen molar-refractivity contribution in [2.24, 2.45) is 5.41 Å². The molecule has 0 fully saturated rings. The van der Waals surface area contributed by atoms with Crippen molar-refractivity contribution in [2.75, 3.05) is 0 Å². The van der Waals surface area contributed by atoms with E-state index in [-0.39, 0.29) is 18.4 Å². The Bertz CT molecular complexity index is 477. The van der Waals surface area contributed by atoms with Gasteiger partial charge in [-0.25, -0.2) is 0 Å². The molecule has 1 rings (SSSR count). The largest absolute Gasteiger partial charge is 0.480 e. The van der Waals surface area contributed by atoms with Crippen LogP contribution in [0.1, 0.15) is 38.8 Å². The van der Waals surface area contributed by atoms with Gasteiger partial charge in [0.1, 0.15) is 6.04 Å². The zero-order valence-corrected chi connectivity index (χ0v) is 13.5. The van der Waals surface area contributed by atoms with E-state index in [1.807, 2.05) is 6.07 Å². The highest BCUT2D eigenvalue weighted by Crippen LogP contribution is 2.41. The number of halogens is 4. The van der Waals surface area contributed by atoms with Gasteiger partial charge in [-0.2, -0.15) is 13.2 Å². The summed E-state index contributed by atoms with van der Waals surface area (Å²) in [5.41, 5.74) is -1.24. The SMILES string of the molecule is C[C@@H](N[C@H](CC(C)(C)C(F)(F)F)C(=O)O)c1ccccc1.Cl. The van der Waals surface area contributed by atoms with Crippen molar-refractivity contribution >= 4 is 18.4 Å². The third kappa shape index (κ3) is 5.50. The van der Waals surface area contributed by atoms with Gasteiger partial charge in [0.25, 0.3) is 0 Å². The average Bonchev–Trinajstić information content (AvgIpc) is 2.37. The van der Waals surface area contributed by atoms with E-state index in [9.17, 15) is 18.0 Å². The molecule has 0 heterocycles. The first kappa shape index (κ1) is 20.7. The fourth-order valence-electron chi connectivity index (χ4n) is 1.98. The number of aliphatic carboxylic acids is 1. The molecule has 0 radical (unpaired) electrons. The summed E-state index contributed by atoms with van der Waals surface area (Å²) >= 11 is 0. The lowest BCUT2D eigenvalue weighted by Crippen LogP contribution is -2.45. The monoisotopic (exact) mass is 339 g/mol. The van der Waals surface area contributed by atoms with E-state index >= 15 is 0 Å². The van der Waals surface area contributed by atoms with Gasteiger partial charge in [-0.15, -0.1) is 12.4 Å². The molecule has 0 amide bonds. The van der Waals surface area contributed by atoms with Gasteiger partial charge < -0.3 is 5.11 Å². The highest BCUT2D eigenvalue weighted by atomic mass is 35.5. The summed E-state index contributed by atoms with van der Waals surface area (Å²) in [6.45, 7) is 3.75. The van der Waals surface area contributed by atoms with Crippen molar-refractivity contribution in [3.05, 3.63) is 35.9 Å². The standard InChI is InChI=1S/C15H20F3NO2.ClH/c1-10(11-7-5-4-6-8-11)19-12(13(20)21)9-14(2,3)15(16,17)18;/h4-8,10,12,19H,9H2,1-3H3,(H,20,21);1H/t10-,12-;/m1./s1. The van der Waals surface area contributed by atoms with Gasteiger partial charge in [-0.1, -0.05) is 44.2 Å². The van der Waals surface area contributed by atoms with Gasteiger partial charge in [0, 0.05) is 6.04 Å². The maximum Gasteiger partial charge on any atom is 0.394 e. The Morgan fingerprint density at radius 1 is 1.23 bits per heavy atom. The van der Waals surface area contributed by atoms with Crippen LogP contribution in [0.2, 0.25) is 0 Å². The second kappa shape index (κ2) is 7.83. The molecule has 0 saturated carbocycles. The number of rotatable bonds is 6. The molecule has 0 spiro atoms. The van der Waals surface area contributed by atoms with Gasteiger partial charge in [-0.3, -0.25) is 10.1 Å². The predicted octanol–water partition coefficient (Wildman–Crippen LogP) is 4.19. The van der Waals surface area contributed by atoms with Crippen molar-refractivity contribution in [1.29, 1.82) is 0 Å². The maximum absolute atomic E-state index is 12.9. The molecule has 0 unspecified atom stereocenters. The molecule has 2 N–H and O–H groups in total. The Kier molecular flexibility index (Phi) is 7.38. The molecule has 22 heavy (non-hydrogen) atoms. The molecule has 7 heteroatoms. The minimum absolute atomic E-state index is 0. The third-order valence-corrected chi connectivity index (χ3v) is 3.53. The number of hydrogen-bond donors (Lipinski definition) is 2. The number of hydrogen-bond acceptors (Lipinski definition) is 2. The minimum atomic E-state index is -4.45. The lowest BCUT2D eigenvalue weighted by molar-refractivity contribution is -0.216. The van der Waals surface area contributed by atoms with Crippen LogP contribution >= 0.6 is 12.4 Å². The third-order valence-electron chi connectivity index (χ3n) is 3.53. The van der Waals surface area contributed by atoms with Crippen LogP contribution in [0.3, 0.4) is 0 Å². The van der Waals surface area contributed by atoms with Crippen LogP contribution in [0.25, 0.3) is 0 Å². The average molecular weight is 340 g/mol. The Labute approximate surface area is 134 Å². The summed E-state index contributed by atoms with van der Waals surface area (Å²) < 4.78 is 38.7. The smallest absolute Gasteiger partial charge is 0.394 e. The highest BCUT2D eigenvalue weighted by molar-refractivity contribution is 5.85. The van der Waals surface area contributed by atoms with Crippen molar-refractivity contribution < 1.29 is 23.1 Å². The van der Waals surface area contributed by atoms with Crippen LogP contribution < -0.4 is 5.32 Å². The Morgan fingerprint density at radius 3 is 2.14 bits per heavy atom. The Balaban J connectivity index is 0.00000441. The topological polar surface area (TPSA) is 49.3 Å². The normalized spacial score (nSPS) is 14.8. The minimum Gasteiger partial charge on any atom is -0.480 e. The van der Waals surface area contributed by atoms with Crippen molar-refractivity contribution in [1.82, 2.24) is 5.32 Å². The number of nitrogens with one attached hydrogen (secondary N) is 1. The highest BCUT2D eigenvalue weighted by Gasteiger charge is 2.49. The summed E-state index contributed by atoms with van der Waals surface area (Å²) in [7, 11) is 0. The van der Waals surface area contributed by atoms with E-state index in [2.05, 4.69) is 5.32 Å². The van der Waals surface area contributed by atoms with Crippen molar-refractivity contribution in [3.8, 4) is 0 Å². The molecule has 0 aliphatic heterocycles. The molecule has 2 atom stereocenters. The molecule has 1 aromatic carbocycles. The van der Waals surface area contributed by atoms with E-state index in [0.29, 0.717) is 0 Å². The maximum atomic E-state index is 12.9. The van der Waals surface area contributed by atoms with E-state index in [1.54, 1.807) is 31.2 Å². The van der Waals surface area contributed by atoms with E-state index in [4.69, 9.17) is 5.11 Å². The van der Waals surface area contributed by atoms with Gasteiger partial charge in [0.2, 0.25) is 0 Å². The fourth-order valence-corrected chi connectivity index (χ4v) is 1.98. The molecule has 1 aromatic rings. The Morgan fingerprint density at radius 2 is 1.73 bits per heavy atom. The number of benzene rings is 1. The molecule has 126 valence electrons. The number of alkyl halides is 3. The Hall–Kier alpha value is -1.27. The summed E-state index contributed by atoms with van der Waals surface area (Å²) in [5, 5.41) is 11.9.